The first-order chi connectivity index (χ1) is 22.0. The van der Waals surface area contributed by atoms with Crippen LogP contribution in [0, 0.1) is 5.82 Å². The number of aromatic nitrogens is 2. The largest absolute Gasteiger partial charge is 0.496 e. The van der Waals surface area contributed by atoms with Gasteiger partial charge in [-0.25, -0.2) is 18.7 Å². The number of methoxy groups -OCH3 is 2. The molecule has 0 radical (unpaired) electrons. The quantitative estimate of drug-likeness (QED) is 0.197. The fourth-order valence-electron chi connectivity index (χ4n) is 4.50. The molecule has 0 saturated heterocycles. The minimum absolute atomic E-state index is 0.00443. The Bertz CT molecular complexity index is 1630. The van der Waals surface area contributed by atoms with E-state index in [1.807, 2.05) is 18.2 Å². The smallest absolute Gasteiger partial charge is 0.407 e. The maximum absolute atomic E-state index is 13.8. The first-order valence-corrected chi connectivity index (χ1v) is 14.5. The van der Waals surface area contributed by atoms with Crippen LogP contribution in [0.25, 0.3) is 16.9 Å². The summed E-state index contributed by atoms with van der Waals surface area (Å²) in [4.78, 5) is 39.1. The second-order valence-corrected chi connectivity index (χ2v) is 11.2. The third kappa shape index (κ3) is 8.84. The number of alkyl carbamates (subject to hydrolysis) is 1. The second-order valence-electron chi connectivity index (χ2n) is 11.2. The van der Waals surface area contributed by atoms with Crippen LogP contribution in [0.15, 0.2) is 78.9 Å². The monoisotopic (exact) mass is 632 g/mol. The first-order valence-electron chi connectivity index (χ1n) is 14.5. The number of carbonyl (C=O) groups is 3. The summed E-state index contributed by atoms with van der Waals surface area (Å²) in [5, 5.41) is 9.82. The molecule has 4 aromatic rings. The summed E-state index contributed by atoms with van der Waals surface area (Å²) in [5.74, 6) is -0.930. The molecular weight excluding hydrogens is 595 g/mol. The molecule has 0 aliphatic rings. The molecular formula is C34H37FN4O7. The van der Waals surface area contributed by atoms with E-state index in [-0.39, 0.29) is 25.3 Å². The van der Waals surface area contributed by atoms with Crippen LogP contribution in [0.2, 0.25) is 0 Å². The molecule has 0 saturated carbocycles. The predicted octanol–water partition coefficient (Wildman–Crippen LogP) is 5.45. The van der Waals surface area contributed by atoms with Gasteiger partial charge in [0.25, 0.3) is 5.91 Å². The van der Waals surface area contributed by atoms with Crippen LogP contribution in [0.1, 0.15) is 43.2 Å². The summed E-state index contributed by atoms with van der Waals surface area (Å²) in [5.41, 5.74) is 1.39. The summed E-state index contributed by atoms with van der Waals surface area (Å²) in [6.07, 6.45) is -0.659. The van der Waals surface area contributed by atoms with Crippen LogP contribution < -0.4 is 20.1 Å². The molecule has 4 rings (SSSR count). The summed E-state index contributed by atoms with van der Waals surface area (Å²) in [7, 11) is 3.00. The highest BCUT2D eigenvalue weighted by Crippen LogP contribution is 2.39. The number of nitrogens with zero attached hydrogens (tertiary/aromatic N) is 2. The van der Waals surface area contributed by atoms with Gasteiger partial charge in [0.2, 0.25) is 0 Å². The highest BCUT2D eigenvalue weighted by molar-refractivity contribution is 5.96. The topological polar surface area (TPSA) is 130 Å². The molecule has 11 nitrogen and oxygen atoms in total. The molecule has 1 aromatic heterocycles. The Kier molecular flexibility index (Phi) is 11.0. The molecule has 46 heavy (non-hydrogen) atoms. The summed E-state index contributed by atoms with van der Waals surface area (Å²) >= 11 is 0. The van der Waals surface area contributed by atoms with Gasteiger partial charge >= 0.3 is 12.1 Å². The van der Waals surface area contributed by atoms with Crippen molar-refractivity contribution in [2.75, 3.05) is 20.8 Å². The van der Waals surface area contributed by atoms with E-state index in [2.05, 4.69) is 15.7 Å². The normalized spacial score (nSPS) is 11.7. The fraction of sp³-hybridized carbons (Fsp3) is 0.294. The molecule has 0 unspecified atom stereocenters. The zero-order valence-corrected chi connectivity index (χ0v) is 26.3. The Hall–Kier alpha value is -5.39. The minimum atomic E-state index is -1.15. The number of halogens is 1. The van der Waals surface area contributed by atoms with Crippen LogP contribution >= 0.6 is 0 Å². The summed E-state index contributed by atoms with van der Waals surface area (Å²) in [6.45, 7) is 5.19. The van der Waals surface area contributed by atoms with Gasteiger partial charge in [0, 0.05) is 6.54 Å². The predicted molar refractivity (Wildman–Crippen MR) is 168 cm³/mol. The van der Waals surface area contributed by atoms with E-state index >= 15 is 0 Å². The van der Waals surface area contributed by atoms with E-state index in [0.29, 0.717) is 28.4 Å². The summed E-state index contributed by atoms with van der Waals surface area (Å²) in [6, 6.07) is 20.3. The van der Waals surface area contributed by atoms with Gasteiger partial charge in [-0.15, -0.1) is 0 Å². The van der Waals surface area contributed by atoms with E-state index in [0.717, 1.165) is 5.56 Å². The number of ether oxygens (including phenoxy) is 4. The molecule has 2 N–H and O–H groups in total. The van der Waals surface area contributed by atoms with Crippen LogP contribution in [0.3, 0.4) is 0 Å². The average molecular weight is 633 g/mol. The molecule has 3 aromatic carbocycles. The van der Waals surface area contributed by atoms with Crippen LogP contribution in [-0.4, -0.2) is 60.2 Å². The number of nitrogens with one attached hydrogen (secondary N) is 2. The number of carbonyl (C=O) groups excluding carboxylic acids is 3. The minimum Gasteiger partial charge on any atom is -0.496 e. The van der Waals surface area contributed by atoms with Crippen molar-refractivity contribution in [2.24, 2.45) is 0 Å². The van der Waals surface area contributed by atoms with Crippen molar-refractivity contribution in [3.63, 3.8) is 0 Å². The van der Waals surface area contributed by atoms with E-state index in [1.165, 1.54) is 49.2 Å². The Morgan fingerprint density at radius 3 is 2.17 bits per heavy atom. The lowest BCUT2D eigenvalue weighted by Crippen LogP contribution is -2.44. The van der Waals surface area contributed by atoms with Crippen molar-refractivity contribution in [3.8, 4) is 28.4 Å². The molecule has 1 atom stereocenters. The second kappa shape index (κ2) is 15.1. The Morgan fingerprint density at radius 1 is 0.913 bits per heavy atom. The number of rotatable bonds is 12. The molecule has 0 aliphatic carbocycles. The van der Waals surface area contributed by atoms with E-state index in [9.17, 15) is 18.8 Å². The number of amides is 2. The van der Waals surface area contributed by atoms with E-state index < -0.39 is 35.4 Å². The van der Waals surface area contributed by atoms with E-state index in [4.69, 9.17) is 18.9 Å². The molecule has 12 heteroatoms. The lowest BCUT2D eigenvalue weighted by Gasteiger charge is -2.21. The van der Waals surface area contributed by atoms with Gasteiger partial charge in [-0.2, -0.15) is 5.10 Å². The fourth-order valence-corrected chi connectivity index (χ4v) is 4.50. The molecule has 1 heterocycles. The number of hydrogen-bond acceptors (Lipinski definition) is 8. The van der Waals surface area contributed by atoms with Crippen molar-refractivity contribution in [2.45, 2.75) is 45.4 Å². The van der Waals surface area contributed by atoms with Gasteiger partial charge in [-0.05, 0) is 75.2 Å². The summed E-state index contributed by atoms with van der Waals surface area (Å²) < 4.78 is 37.2. The number of esters is 1. The van der Waals surface area contributed by atoms with Crippen molar-refractivity contribution in [1.29, 1.82) is 0 Å². The lowest BCUT2D eigenvalue weighted by atomic mass is 10.1. The van der Waals surface area contributed by atoms with Crippen molar-refractivity contribution in [1.82, 2.24) is 20.4 Å². The zero-order valence-electron chi connectivity index (χ0n) is 26.3. The highest BCUT2D eigenvalue weighted by atomic mass is 19.1. The van der Waals surface area contributed by atoms with Gasteiger partial charge in [0.1, 0.15) is 35.6 Å². The van der Waals surface area contributed by atoms with Crippen LogP contribution in [-0.2, 0) is 20.9 Å². The molecule has 2 amide bonds. The standard InChI is InChI=1S/C34H37FN4O7/c1-34(2,3)46-33(42)36-19-18-25(32(41)45-21-22-10-7-6-8-11-22)37-31(40)26-20-27(30-28(43-4)12-9-13-29(30)44-5)39(38-26)24-16-14-23(35)15-17-24/h6-17,20,25H,18-19,21H2,1-5H3,(H,36,42)(H,37,40)/t25-/m0/s1. The van der Waals surface area contributed by atoms with E-state index in [1.54, 1.807) is 51.1 Å². The third-order valence-electron chi connectivity index (χ3n) is 6.61. The maximum atomic E-state index is 13.8. The van der Waals surface area contributed by atoms with Gasteiger partial charge in [0.15, 0.2) is 5.69 Å². The molecule has 0 spiro atoms. The van der Waals surface area contributed by atoms with Crippen LogP contribution in [0.4, 0.5) is 9.18 Å². The maximum Gasteiger partial charge on any atom is 0.407 e. The Morgan fingerprint density at radius 2 is 1.57 bits per heavy atom. The van der Waals surface area contributed by atoms with Gasteiger partial charge in [-0.1, -0.05) is 36.4 Å². The molecule has 0 bridgehead atoms. The van der Waals surface area contributed by atoms with Gasteiger partial charge in [0.05, 0.1) is 31.2 Å². The average Bonchev–Trinajstić information content (AvgIpc) is 3.48. The molecule has 0 fully saturated rings. The van der Waals surface area contributed by atoms with Gasteiger partial charge < -0.3 is 29.6 Å². The SMILES string of the molecule is COc1cccc(OC)c1-c1cc(C(=O)N[C@@H](CCNC(=O)OC(C)(C)C)C(=O)OCc2ccccc2)nn1-c1ccc(F)cc1. The van der Waals surface area contributed by atoms with Crippen molar-refractivity contribution < 1.29 is 37.7 Å². The van der Waals surface area contributed by atoms with Crippen molar-refractivity contribution in [3.05, 3.63) is 95.9 Å². The molecule has 242 valence electrons. The Balaban J connectivity index is 1.64. The lowest BCUT2D eigenvalue weighted by molar-refractivity contribution is -0.147. The van der Waals surface area contributed by atoms with Crippen LogP contribution in [0.5, 0.6) is 11.5 Å². The van der Waals surface area contributed by atoms with Crippen molar-refractivity contribution >= 4 is 18.0 Å². The number of benzene rings is 3. The molecule has 0 aliphatic heterocycles. The van der Waals surface area contributed by atoms with Gasteiger partial charge in [-0.3, -0.25) is 4.79 Å². The Labute approximate surface area is 266 Å². The first kappa shape index (κ1) is 33.5. The number of hydrogen-bond donors (Lipinski definition) is 2. The highest BCUT2D eigenvalue weighted by Gasteiger charge is 2.27. The zero-order chi connectivity index (χ0) is 33.3. The third-order valence-corrected chi connectivity index (χ3v) is 6.61.